The van der Waals surface area contributed by atoms with Crippen LogP contribution in [0, 0.1) is 6.92 Å². The zero-order chi connectivity index (χ0) is 23.8. The number of benzene rings is 1. The van der Waals surface area contributed by atoms with Gasteiger partial charge in [-0.3, -0.25) is 14.5 Å². The van der Waals surface area contributed by atoms with Crippen LogP contribution in [0.15, 0.2) is 39.9 Å². The Bertz CT molecular complexity index is 1010. The molecule has 0 bridgehead atoms. The predicted molar refractivity (Wildman–Crippen MR) is 127 cm³/mol. The van der Waals surface area contributed by atoms with Gasteiger partial charge in [-0.15, -0.1) is 0 Å². The number of rotatable bonds is 9. The highest BCUT2D eigenvalue weighted by atomic mass is 16.5. The van der Waals surface area contributed by atoms with Crippen LogP contribution in [0.25, 0.3) is 0 Å². The SMILES string of the molecule is Cc1c(C(=O)NCCCN2CCOCC2)oc2c1/C(=N/NC(=O)COc1ccccc1)CCC2. The van der Waals surface area contributed by atoms with Crippen LogP contribution in [0.4, 0.5) is 0 Å². The van der Waals surface area contributed by atoms with Crippen molar-refractivity contribution < 1.29 is 23.5 Å². The molecule has 1 aromatic heterocycles. The van der Waals surface area contributed by atoms with Crippen LogP contribution in [0.1, 0.15) is 46.7 Å². The molecule has 2 N–H and O–H groups in total. The highest BCUT2D eigenvalue weighted by Gasteiger charge is 2.28. The second kappa shape index (κ2) is 11.8. The van der Waals surface area contributed by atoms with E-state index >= 15 is 0 Å². The van der Waals surface area contributed by atoms with E-state index in [-0.39, 0.29) is 18.4 Å². The van der Waals surface area contributed by atoms with Crippen LogP contribution in [-0.4, -0.2) is 68.4 Å². The average Bonchev–Trinajstić information content (AvgIpc) is 3.22. The number of nitrogens with zero attached hydrogens (tertiary/aromatic N) is 2. The summed E-state index contributed by atoms with van der Waals surface area (Å²) in [5, 5.41) is 7.30. The van der Waals surface area contributed by atoms with Crippen molar-refractivity contribution in [3.8, 4) is 5.75 Å². The minimum atomic E-state index is -0.345. The van der Waals surface area contributed by atoms with Gasteiger partial charge in [-0.2, -0.15) is 5.10 Å². The molecule has 34 heavy (non-hydrogen) atoms. The Morgan fingerprint density at radius 1 is 1.15 bits per heavy atom. The number of hydrogen-bond acceptors (Lipinski definition) is 7. The van der Waals surface area contributed by atoms with Gasteiger partial charge >= 0.3 is 0 Å². The number of carbonyl (C=O) groups excluding carboxylic acids is 2. The van der Waals surface area contributed by atoms with Crippen LogP contribution in [0.5, 0.6) is 5.75 Å². The lowest BCUT2D eigenvalue weighted by atomic mass is 9.93. The molecule has 0 saturated carbocycles. The van der Waals surface area contributed by atoms with Crippen molar-refractivity contribution in [2.75, 3.05) is 46.0 Å². The molecule has 0 atom stereocenters. The summed E-state index contributed by atoms with van der Waals surface area (Å²) in [5.41, 5.74) is 4.88. The molecule has 2 heterocycles. The fourth-order valence-corrected chi connectivity index (χ4v) is 4.23. The van der Waals surface area contributed by atoms with Gasteiger partial charge in [0.25, 0.3) is 11.8 Å². The van der Waals surface area contributed by atoms with E-state index in [1.165, 1.54) is 0 Å². The molecule has 0 radical (unpaired) electrons. The lowest BCUT2D eigenvalue weighted by molar-refractivity contribution is -0.123. The van der Waals surface area contributed by atoms with Gasteiger partial charge < -0.3 is 19.2 Å². The summed E-state index contributed by atoms with van der Waals surface area (Å²) in [7, 11) is 0. The predicted octanol–water partition coefficient (Wildman–Crippen LogP) is 2.28. The number of para-hydroxylation sites is 1. The molecule has 1 aromatic carbocycles. The van der Waals surface area contributed by atoms with Crippen molar-refractivity contribution in [3.63, 3.8) is 0 Å². The molecule has 2 amide bonds. The molecule has 182 valence electrons. The fourth-order valence-electron chi connectivity index (χ4n) is 4.23. The standard InChI is InChI=1S/C25H32N4O5/c1-18-23-20(27-28-22(30)17-33-19-7-3-2-4-8-19)9-5-10-21(23)34-24(18)25(31)26-11-6-12-29-13-15-32-16-14-29/h2-4,7-8H,5-6,9-17H2,1H3,(H,26,31)(H,28,30)/b27-20+. The molecule has 0 spiro atoms. The number of fused-ring (bicyclic) bond motifs is 1. The Morgan fingerprint density at radius 2 is 1.94 bits per heavy atom. The molecule has 1 aliphatic heterocycles. The van der Waals surface area contributed by atoms with Gasteiger partial charge in [0.05, 0.1) is 18.9 Å². The largest absolute Gasteiger partial charge is 0.484 e. The Hall–Kier alpha value is -3.17. The smallest absolute Gasteiger partial charge is 0.287 e. The molecule has 1 fully saturated rings. The molecule has 1 saturated heterocycles. The van der Waals surface area contributed by atoms with Gasteiger partial charge in [0, 0.05) is 37.2 Å². The van der Waals surface area contributed by atoms with E-state index in [0.29, 0.717) is 24.5 Å². The molecule has 2 aliphatic rings. The third kappa shape index (κ3) is 6.24. The first-order valence-electron chi connectivity index (χ1n) is 11.9. The van der Waals surface area contributed by atoms with Crippen LogP contribution in [-0.2, 0) is 16.0 Å². The Kier molecular flexibility index (Phi) is 8.32. The molecular weight excluding hydrogens is 436 g/mol. The van der Waals surface area contributed by atoms with Crippen molar-refractivity contribution in [2.24, 2.45) is 5.10 Å². The average molecular weight is 469 g/mol. The lowest BCUT2D eigenvalue weighted by Gasteiger charge is -2.26. The maximum atomic E-state index is 12.8. The zero-order valence-corrected chi connectivity index (χ0v) is 19.6. The van der Waals surface area contributed by atoms with Gasteiger partial charge in [0.15, 0.2) is 12.4 Å². The monoisotopic (exact) mass is 468 g/mol. The van der Waals surface area contributed by atoms with Gasteiger partial charge in [-0.05, 0) is 44.9 Å². The van der Waals surface area contributed by atoms with E-state index in [4.69, 9.17) is 13.9 Å². The van der Waals surface area contributed by atoms with Crippen molar-refractivity contribution in [2.45, 2.75) is 32.6 Å². The van der Waals surface area contributed by atoms with Crippen LogP contribution in [0.2, 0.25) is 0 Å². The maximum Gasteiger partial charge on any atom is 0.287 e. The van der Waals surface area contributed by atoms with Gasteiger partial charge in [0.2, 0.25) is 0 Å². The van der Waals surface area contributed by atoms with Crippen LogP contribution < -0.4 is 15.5 Å². The van der Waals surface area contributed by atoms with Crippen molar-refractivity contribution in [3.05, 3.63) is 53.0 Å². The maximum absolute atomic E-state index is 12.8. The lowest BCUT2D eigenvalue weighted by Crippen LogP contribution is -2.38. The molecular formula is C25H32N4O5. The number of nitrogens with one attached hydrogen (secondary N) is 2. The third-order valence-corrected chi connectivity index (χ3v) is 6.00. The molecule has 2 aromatic rings. The minimum absolute atomic E-state index is 0.129. The third-order valence-electron chi connectivity index (χ3n) is 6.00. The second-order valence-electron chi connectivity index (χ2n) is 8.47. The number of hydrazone groups is 1. The van der Waals surface area contributed by atoms with E-state index < -0.39 is 0 Å². The normalized spacial score (nSPS) is 17.3. The summed E-state index contributed by atoms with van der Waals surface area (Å²) < 4.78 is 16.8. The van der Waals surface area contributed by atoms with E-state index in [2.05, 4.69) is 20.7 Å². The summed E-state index contributed by atoms with van der Waals surface area (Å²) in [5.74, 6) is 1.13. The highest BCUT2D eigenvalue weighted by Crippen LogP contribution is 2.29. The van der Waals surface area contributed by atoms with Crippen molar-refractivity contribution in [1.82, 2.24) is 15.6 Å². The number of amides is 2. The fraction of sp³-hybridized carbons (Fsp3) is 0.480. The summed E-state index contributed by atoms with van der Waals surface area (Å²) in [4.78, 5) is 27.3. The van der Waals surface area contributed by atoms with E-state index in [9.17, 15) is 9.59 Å². The zero-order valence-electron chi connectivity index (χ0n) is 19.6. The summed E-state index contributed by atoms with van der Waals surface area (Å²) in [6, 6.07) is 9.15. The minimum Gasteiger partial charge on any atom is -0.484 e. The Labute approximate surface area is 199 Å². The van der Waals surface area contributed by atoms with E-state index in [1.54, 1.807) is 12.1 Å². The molecule has 1 aliphatic carbocycles. The summed E-state index contributed by atoms with van der Waals surface area (Å²) in [6.45, 7) is 6.68. The van der Waals surface area contributed by atoms with Crippen LogP contribution >= 0.6 is 0 Å². The molecule has 4 rings (SSSR count). The summed E-state index contributed by atoms with van der Waals surface area (Å²) >= 11 is 0. The number of hydrogen-bond donors (Lipinski definition) is 2. The van der Waals surface area contributed by atoms with E-state index in [0.717, 1.165) is 74.7 Å². The number of morpholine rings is 1. The number of carbonyl (C=O) groups is 2. The Morgan fingerprint density at radius 3 is 2.74 bits per heavy atom. The number of furan rings is 1. The Balaban J connectivity index is 1.31. The molecule has 0 unspecified atom stereocenters. The van der Waals surface area contributed by atoms with Crippen LogP contribution in [0.3, 0.4) is 0 Å². The quantitative estimate of drug-likeness (QED) is 0.432. The van der Waals surface area contributed by atoms with Gasteiger partial charge in [0.1, 0.15) is 11.5 Å². The van der Waals surface area contributed by atoms with E-state index in [1.807, 2.05) is 25.1 Å². The second-order valence-corrected chi connectivity index (χ2v) is 8.47. The number of ether oxygens (including phenoxy) is 2. The highest BCUT2D eigenvalue weighted by molar-refractivity contribution is 6.06. The first-order chi connectivity index (χ1) is 16.6. The summed E-state index contributed by atoms with van der Waals surface area (Å²) in [6.07, 6.45) is 3.16. The number of aryl methyl sites for hydroxylation is 1. The van der Waals surface area contributed by atoms with Gasteiger partial charge in [-0.1, -0.05) is 18.2 Å². The first kappa shape index (κ1) is 24.0. The topological polar surface area (TPSA) is 105 Å². The van der Waals surface area contributed by atoms with Crippen molar-refractivity contribution >= 4 is 17.5 Å². The van der Waals surface area contributed by atoms with Gasteiger partial charge in [-0.25, -0.2) is 5.43 Å². The van der Waals surface area contributed by atoms with Crippen molar-refractivity contribution in [1.29, 1.82) is 0 Å². The molecule has 9 heteroatoms. The molecule has 9 nitrogen and oxygen atoms in total. The first-order valence-corrected chi connectivity index (χ1v) is 11.9.